The van der Waals surface area contributed by atoms with Crippen molar-refractivity contribution >= 4 is 42.1 Å². The molecule has 3 nitrogen and oxygen atoms in total. The number of nitrogens with zero attached hydrogens (tertiary/aromatic N) is 1. The van der Waals surface area contributed by atoms with Gasteiger partial charge >= 0.3 is 0 Å². The van der Waals surface area contributed by atoms with Crippen molar-refractivity contribution in [1.82, 2.24) is 4.98 Å². The second kappa shape index (κ2) is 4.20. The molecule has 0 aliphatic carbocycles. The van der Waals surface area contributed by atoms with E-state index in [1.807, 2.05) is 24.3 Å². The van der Waals surface area contributed by atoms with E-state index in [1.54, 1.807) is 6.07 Å². The summed E-state index contributed by atoms with van der Waals surface area (Å²) in [6.45, 7) is 0. The lowest BCUT2D eigenvalue weighted by Crippen LogP contribution is -1.98. The SMILES string of the molecule is O=S(=O)(Cl)Cc1cc2ccccc2c(Cl)n1. The predicted octanol–water partition coefficient (Wildman–Crippen LogP) is 2.96. The van der Waals surface area contributed by atoms with E-state index in [0.717, 1.165) is 10.8 Å². The number of hydrogen-bond donors (Lipinski definition) is 0. The first-order valence-electron chi connectivity index (χ1n) is 4.42. The van der Waals surface area contributed by atoms with Crippen molar-refractivity contribution in [2.24, 2.45) is 0 Å². The number of halogens is 2. The first-order chi connectivity index (χ1) is 7.46. The molecule has 1 aromatic carbocycles. The van der Waals surface area contributed by atoms with Crippen LogP contribution in [0.1, 0.15) is 5.69 Å². The molecule has 2 rings (SSSR count). The lowest BCUT2D eigenvalue weighted by molar-refractivity contribution is 0.608. The van der Waals surface area contributed by atoms with Crippen LogP contribution in [0, 0.1) is 0 Å². The minimum atomic E-state index is -3.61. The molecule has 0 bridgehead atoms. The van der Waals surface area contributed by atoms with Crippen LogP contribution < -0.4 is 0 Å². The quantitative estimate of drug-likeness (QED) is 0.625. The Morgan fingerprint density at radius 3 is 2.62 bits per heavy atom. The molecule has 0 spiro atoms. The average Bonchev–Trinajstić information content (AvgIpc) is 2.15. The van der Waals surface area contributed by atoms with E-state index in [2.05, 4.69) is 4.98 Å². The van der Waals surface area contributed by atoms with Crippen LogP contribution in [-0.4, -0.2) is 13.4 Å². The van der Waals surface area contributed by atoms with Crippen LogP contribution in [0.4, 0.5) is 0 Å². The number of benzene rings is 1. The maximum absolute atomic E-state index is 10.9. The molecular formula is C10H7Cl2NO2S. The van der Waals surface area contributed by atoms with Gasteiger partial charge in [-0.15, -0.1) is 0 Å². The average molecular weight is 276 g/mol. The van der Waals surface area contributed by atoms with Gasteiger partial charge in [-0.05, 0) is 11.5 Å². The van der Waals surface area contributed by atoms with Crippen molar-refractivity contribution in [2.45, 2.75) is 5.75 Å². The molecule has 1 heterocycles. The topological polar surface area (TPSA) is 47.0 Å². The molecule has 0 saturated carbocycles. The molecule has 0 aliphatic rings. The van der Waals surface area contributed by atoms with E-state index >= 15 is 0 Å². The Kier molecular flexibility index (Phi) is 3.06. The molecule has 2 aromatic rings. The maximum Gasteiger partial charge on any atom is 0.238 e. The molecule has 0 N–H and O–H groups in total. The van der Waals surface area contributed by atoms with E-state index < -0.39 is 9.05 Å². The number of hydrogen-bond acceptors (Lipinski definition) is 3. The summed E-state index contributed by atoms with van der Waals surface area (Å²) in [6, 6.07) is 9.02. The standard InChI is InChI=1S/C10H7Cl2NO2S/c11-10-9-4-2-1-3-7(9)5-8(13-10)6-16(12,14)15/h1-5H,6H2. The monoisotopic (exact) mass is 275 g/mol. The first kappa shape index (κ1) is 11.6. The zero-order chi connectivity index (χ0) is 11.8. The van der Waals surface area contributed by atoms with Gasteiger partial charge < -0.3 is 0 Å². The van der Waals surface area contributed by atoms with E-state index in [4.69, 9.17) is 22.3 Å². The smallest absolute Gasteiger partial charge is 0.238 e. The molecule has 0 amide bonds. The third-order valence-electron chi connectivity index (χ3n) is 2.07. The summed E-state index contributed by atoms with van der Waals surface area (Å²) in [7, 11) is 1.55. The van der Waals surface area contributed by atoms with E-state index in [9.17, 15) is 8.42 Å². The molecule has 0 radical (unpaired) electrons. The number of aromatic nitrogens is 1. The highest BCUT2D eigenvalue weighted by atomic mass is 35.7. The van der Waals surface area contributed by atoms with Crippen molar-refractivity contribution in [3.05, 3.63) is 41.2 Å². The third-order valence-corrected chi connectivity index (χ3v) is 3.32. The molecule has 0 atom stereocenters. The van der Waals surface area contributed by atoms with Gasteiger partial charge in [0.2, 0.25) is 9.05 Å². The molecule has 0 aliphatic heterocycles. The summed E-state index contributed by atoms with van der Waals surface area (Å²) in [5, 5.41) is 1.92. The molecule has 0 unspecified atom stereocenters. The fourth-order valence-electron chi connectivity index (χ4n) is 1.46. The Labute approximate surface area is 102 Å². The lowest BCUT2D eigenvalue weighted by atomic mass is 10.1. The maximum atomic E-state index is 10.9. The summed E-state index contributed by atoms with van der Waals surface area (Å²) in [4.78, 5) is 3.99. The van der Waals surface area contributed by atoms with Crippen LogP contribution in [0.25, 0.3) is 10.8 Å². The normalized spacial score (nSPS) is 11.9. The van der Waals surface area contributed by atoms with E-state index in [0.29, 0.717) is 5.69 Å². The van der Waals surface area contributed by atoms with Gasteiger partial charge in [-0.3, -0.25) is 0 Å². The van der Waals surface area contributed by atoms with Crippen molar-refractivity contribution < 1.29 is 8.42 Å². The molecule has 0 fully saturated rings. The Balaban J connectivity index is 2.58. The molecule has 6 heteroatoms. The van der Waals surface area contributed by atoms with Gasteiger partial charge in [0.15, 0.2) is 0 Å². The molecule has 1 aromatic heterocycles. The molecule has 0 saturated heterocycles. The summed E-state index contributed by atoms with van der Waals surface area (Å²) in [5.41, 5.74) is 0.346. The van der Waals surface area contributed by atoms with Gasteiger partial charge in [-0.25, -0.2) is 13.4 Å². The van der Waals surface area contributed by atoms with Gasteiger partial charge in [0.1, 0.15) is 10.9 Å². The Morgan fingerprint density at radius 1 is 1.25 bits per heavy atom. The van der Waals surface area contributed by atoms with Crippen LogP contribution in [0.5, 0.6) is 0 Å². The summed E-state index contributed by atoms with van der Waals surface area (Å²) in [5.74, 6) is -0.320. The van der Waals surface area contributed by atoms with Crippen molar-refractivity contribution in [3.63, 3.8) is 0 Å². The molecule has 84 valence electrons. The number of pyridine rings is 1. The zero-order valence-electron chi connectivity index (χ0n) is 8.02. The summed E-state index contributed by atoms with van der Waals surface area (Å²) in [6.07, 6.45) is 0. The first-order valence-corrected chi connectivity index (χ1v) is 7.28. The Morgan fingerprint density at radius 2 is 1.94 bits per heavy atom. The predicted molar refractivity (Wildman–Crippen MR) is 65.2 cm³/mol. The Bertz CT molecular complexity index is 640. The van der Waals surface area contributed by atoms with Gasteiger partial charge in [0, 0.05) is 16.1 Å². The van der Waals surface area contributed by atoms with Crippen molar-refractivity contribution in [2.75, 3.05) is 0 Å². The van der Waals surface area contributed by atoms with Crippen LogP contribution in [0.15, 0.2) is 30.3 Å². The van der Waals surface area contributed by atoms with E-state index in [-0.39, 0.29) is 10.9 Å². The second-order valence-electron chi connectivity index (χ2n) is 3.31. The summed E-state index contributed by atoms with van der Waals surface area (Å²) >= 11 is 5.94. The highest BCUT2D eigenvalue weighted by molar-refractivity contribution is 8.13. The van der Waals surface area contributed by atoms with Crippen LogP contribution in [0.3, 0.4) is 0 Å². The largest absolute Gasteiger partial charge is 0.239 e. The van der Waals surface area contributed by atoms with Gasteiger partial charge in [0.25, 0.3) is 0 Å². The third kappa shape index (κ3) is 2.64. The minimum Gasteiger partial charge on any atom is -0.239 e. The van der Waals surface area contributed by atoms with Gasteiger partial charge in [0.05, 0.1) is 5.69 Å². The van der Waals surface area contributed by atoms with Gasteiger partial charge in [-0.2, -0.15) is 0 Å². The highest BCUT2D eigenvalue weighted by Crippen LogP contribution is 2.23. The van der Waals surface area contributed by atoms with Crippen LogP contribution >= 0.6 is 22.3 Å². The van der Waals surface area contributed by atoms with Crippen LogP contribution in [0.2, 0.25) is 5.15 Å². The van der Waals surface area contributed by atoms with Gasteiger partial charge in [-0.1, -0.05) is 35.9 Å². The van der Waals surface area contributed by atoms with Crippen molar-refractivity contribution in [3.8, 4) is 0 Å². The fraction of sp³-hybridized carbons (Fsp3) is 0.100. The number of rotatable bonds is 2. The summed E-state index contributed by atoms with van der Waals surface area (Å²) < 4.78 is 21.9. The second-order valence-corrected chi connectivity index (χ2v) is 6.44. The molecule has 16 heavy (non-hydrogen) atoms. The highest BCUT2D eigenvalue weighted by Gasteiger charge is 2.10. The number of fused-ring (bicyclic) bond motifs is 1. The van der Waals surface area contributed by atoms with Crippen molar-refractivity contribution in [1.29, 1.82) is 0 Å². The van der Waals surface area contributed by atoms with E-state index in [1.165, 1.54) is 0 Å². The van der Waals surface area contributed by atoms with Crippen LogP contribution in [-0.2, 0) is 14.8 Å². The zero-order valence-corrected chi connectivity index (χ0v) is 10.4. The Hall–Kier alpha value is -0.840. The fourth-order valence-corrected chi connectivity index (χ4v) is 2.58. The minimum absolute atomic E-state index is 0.286. The molecular weight excluding hydrogens is 269 g/mol. The lowest BCUT2D eigenvalue weighted by Gasteiger charge is -2.03.